The number of benzene rings is 3. The van der Waals surface area contributed by atoms with Crippen molar-refractivity contribution in [1.29, 1.82) is 0 Å². The van der Waals surface area contributed by atoms with Crippen molar-refractivity contribution in [2.75, 3.05) is 0 Å². The second-order valence-corrected chi connectivity index (χ2v) is 5.56. The van der Waals surface area contributed by atoms with E-state index in [1.807, 2.05) is 66.7 Å². The van der Waals surface area contributed by atoms with E-state index >= 15 is 0 Å². The van der Waals surface area contributed by atoms with Crippen LogP contribution < -0.4 is 5.69 Å². The van der Waals surface area contributed by atoms with E-state index in [9.17, 15) is 4.79 Å². The molecule has 5 aromatic rings. The zero-order valence-corrected chi connectivity index (χ0v) is 12.1. The van der Waals surface area contributed by atoms with Gasteiger partial charge in [0.1, 0.15) is 11.2 Å². The molecule has 0 atom stereocenters. The van der Waals surface area contributed by atoms with Gasteiger partial charge in [0.05, 0.1) is 16.7 Å². The van der Waals surface area contributed by atoms with Crippen LogP contribution in [0.25, 0.3) is 38.7 Å². The predicted octanol–water partition coefficient (Wildman–Crippen LogP) is 4.22. The molecule has 0 saturated carbocycles. The van der Waals surface area contributed by atoms with E-state index in [0.717, 1.165) is 38.7 Å². The molecule has 23 heavy (non-hydrogen) atoms. The van der Waals surface area contributed by atoms with Gasteiger partial charge in [-0.05, 0) is 36.4 Å². The smallest absolute Gasteiger partial charge is 0.331 e. The Labute approximate surface area is 130 Å². The molecule has 0 radical (unpaired) electrons. The van der Waals surface area contributed by atoms with Gasteiger partial charge < -0.3 is 9.40 Å². The van der Waals surface area contributed by atoms with Crippen LogP contribution in [0.4, 0.5) is 0 Å². The minimum atomic E-state index is -0.140. The van der Waals surface area contributed by atoms with E-state index < -0.39 is 0 Å². The maximum absolute atomic E-state index is 12.4. The summed E-state index contributed by atoms with van der Waals surface area (Å²) in [6.07, 6.45) is 0. The summed E-state index contributed by atoms with van der Waals surface area (Å²) in [6, 6.07) is 21.4. The zero-order valence-electron chi connectivity index (χ0n) is 12.1. The summed E-state index contributed by atoms with van der Waals surface area (Å²) in [7, 11) is 0. The standard InChI is InChI=1S/C19H12N2O2/c22-19-20-15-6-2-3-7-16(15)21(19)12-9-10-18-14(11-12)13-5-1-4-8-17(13)23-18/h1-11H,(H,20,22). The van der Waals surface area contributed by atoms with Gasteiger partial charge >= 0.3 is 5.69 Å². The van der Waals surface area contributed by atoms with Crippen LogP contribution in [-0.4, -0.2) is 9.55 Å². The molecule has 0 saturated heterocycles. The fourth-order valence-corrected chi connectivity index (χ4v) is 3.16. The van der Waals surface area contributed by atoms with Crippen LogP contribution in [0.1, 0.15) is 0 Å². The Morgan fingerprint density at radius 2 is 1.61 bits per heavy atom. The molecule has 5 rings (SSSR count). The van der Waals surface area contributed by atoms with Crippen molar-refractivity contribution in [2.24, 2.45) is 0 Å². The number of hydrogen-bond acceptors (Lipinski definition) is 2. The molecule has 0 fully saturated rings. The second-order valence-electron chi connectivity index (χ2n) is 5.56. The quantitative estimate of drug-likeness (QED) is 0.504. The highest BCUT2D eigenvalue weighted by atomic mass is 16.3. The molecule has 3 aromatic carbocycles. The molecule has 2 aromatic heterocycles. The molecule has 2 heterocycles. The second kappa shape index (κ2) is 4.36. The zero-order chi connectivity index (χ0) is 15.4. The Balaban J connectivity index is 1.87. The van der Waals surface area contributed by atoms with Gasteiger partial charge in [-0.25, -0.2) is 4.79 Å². The lowest BCUT2D eigenvalue weighted by Crippen LogP contribution is -2.14. The number of para-hydroxylation sites is 3. The molecule has 0 amide bonds. The average Bonchev–Trinajstić information content (AvgIpc) is 3.11. The van der Waals surface area contributed by atoms with Crippen molar-refractivity contribution in [2.45, 2.75) is 0 Å². The van der Waals surface area contributed by atoms with E-state index in [-0.39, 0.29) is 5.69 Å². The van der Waals surface area contributed by atoms with Crippen molar-refractivity contribution in [1.82, 2.24) is 9.55 Å². The minimum Gasteiger partial charge on any atom is -0.456 e. The van der Waals surface area contributed by atoms with Gasteiger partial charge in [-0.2, -0.15) is 0 Å². The molecule has 4 heteroatoms. The molecule has 4 nitrogen and oxygen atoms in total. The third-order valence-corrected chi connectivity index (χ3v) is 4.21. The Kier molecular flexibility index (Phi) is 2.33. The van der Waals surface area contributed by atoms with E-state index in [1.165, 1.54) is 0 Å². The lowest BCUT2D eigenvalue weighted by Gasteiger charge is -2.03. The Bertz CT molecular complexity index is 1240. The van der Waals surface area contributed by atoms with E-state index in [2.05, 4.69) is 4.98 Å². The maximum atomic E-state index is 12.4. The number of aromatic nitrogens is 2. The summed E-state index contributed by atoms with van der Waals surface area (Å²) >= 11 is 0. The SMILES string of the molecule is O=c1[nH]c2ccccc2n1-c1ccc2oc3ccccc3c2c1. The summed E-state index contributed by atoms with van der Waals surface area (Å²) in [6.45, 7) is 0. The Morgan fingerprint density at radius 3 is 2.57 bits per heavy atom. The van der Waals surface area contributed by atoms with Gasteiger partial charge in [-0.15, -0.1) is 0 Å². The van der Waals surface area contributed by atoms with Crippen molar-refractivity contribution in [3.05, 3.63) is 77.2 Å². The first kappa shape index (κ1) is 12.3. The van der Waals surface area contributed by atoms with Crippen LogP contribution in [0, 0.1) is 0 Å². The number of fused-ring (bicyclic) bond motifs is 4. The largest absolute Gasteiger partial charge is 0.456 e. The number of aromatic amines is 1. The Morgan fingerprint density at radius 1 is 0.826 bits per heavy atom. The van der Waals surface area contributed by atoms with Gasteiger partial charge in [-0.3, -0.25) is 4.57 Å². The number of rotatable bonds is 1. The van der Waals surface area contributed by atoms with E-state index in [4.69, 9.17) is 4.42 Å². The fraction of sp³-hybridized carbons (Fsp3) is 0. The van der Waals surface area contributed by atoms with Gasteiger partial charge in [0.25, 0.3) is 0 Å². The van der Waals surface area contributed by atoms with Gasteiger partial charge in [0, 0.05) is 10.8 Å². The van der Waals surface area contributed by atoms with Crippen molar-refractivity contribution in [3.63, 3.8) is 0 Å². The molecular formula is C19H12N2O2. The highest BCUT2D eigenvalue weighted by Gasteiger charge is 2.11. The number of nitrogens with zero attached hydrogens (tertiary/aromatic N) is 1. The molecule has 110 valence electrons. The molecule has 0 spiro atoms. The number of H-pyrrole nitrogens is 1. The third-order valence-electron chi connectivity index (χ3n) is 4.21. The number of imidazole rings is 1. The van der Waals surface area contributed by atoms with Crippen LogP contribution in [0.3, 0.4) is 0 Å². The maximum Gasteiger partial charge on any atom is 0.331 e. The topological polar surface area (TPSA) is 50.9 Å². The number of hydrogen-bond donors (Lipinski definition) is 1. The molecular weight excluding hydrogens is 288 g/mol. The summed E-state index contributed by atoms with van der Waals surface area (Å²) in [5, 5.41) is 2.06. The number of furan rings is 1. The van der Waals surface area contributed by atoms with E-state index in [1.54, 1.807) is 4.57 Å². The van der Waals surface area contributed by atoms with Gasteiger partial charge in [-0.1, -0.05) is 30.3 Å². The fourth-order valence-electron chi connectivity index (χ4n) is 3.16. The molecule has 0 unspecified atom stereocenters. The normalized spacial score (nSPS) is 11.7. The molecule has 1 N–H and O–H groups in total. The van der Waals surface area contributed by atoms with Crippen LogP contribution >= 0.6 is 0 Å². The Hall–Kier alpha value is -3.27. The van der Waals surface area contributed by atoms with Gasteiger partial charge in [0.15, 0.2) is 0 Å². The molecule has 0 aliphatic rings. The third kappa shape index (κ3) is 1.69. The summed E-state index contributed by atoms with van der Waals surface area (Å²) in [4.78, 5) is 15.2. The van der Waals surface area contributed by atoms with Crippen LogP contribution in [0.15, 0.2) is 75.9 Å². The first-order valence-corrected chi connectivity index (χ1v) is 7.43. The lowest BCUT2D eigenvalue weighted by atomic mass is 10.1. The van der Waals surface area contributed by atoms with Crippen molar-refractivity contribution in [3.8, 4) is 5.69 Å². The minimum absolute atomic E-state index is 0.140. The molecule has 0 bridgehead atoms. The first-order chi connectivity index (χ1) is 11.3. The summed E-state index contributed by atoms with van der Waals surface area (Å²) in [5.74, 6) is 0. The average molecular weight is 300 g/mol. The van der Waals surface area contributed by atoms with Crippen molar-refractivity contribution < 1.29 is 4.42 Å². The van der Waals surface area contributed by atoms with E-state index in [0.29, 0.717) is 0 Å². The van der Waals surface area contributed by atoms with Crippen LogP contribution in [0.2, 0.25) is 0 Å². The first-order valence-electron chi connectivity index (χ1n) is 7.43. The monoisotopic (exact) mass is 300 g/mol. The van der Waals surface area contributed by atoms with Gasteiger partial charge in [0.2, 0.25) is 0 Å². The predicted molar refractivity (Wildman–Crippen MR) is 91.2 cm³/mol. The summed E-state index contributed by atoms with van der Waals surface area (Å²) in [5.41, 5.74) is 4.05. The summed E-state index contributed by atoms with van der Waals surface area (Å²) < 4.78 is 7.54. The molecule has 0 aliphatic heterocycles. The van der Waals surface area contributed by atoms with Crippen LogP contribution in [-0.2, 0) is 0 Å². The highest BCUT2D eigenvalue weighted by molar-refractivity contribution is 6.05. The highest BCUT2D eigenvalue weighted by Crippen LogP contribution is 2.30. The lowest BCUT2D eigenvalue weighted by molar-refractivity contribution is 0.669. The molecule has 0 aliphatic carbocycles. The van der Waals surface area contributed by atoms with Crippen molar-refractivity contribution >= 4 is 33.0 Å². The van der Waals surface area contributed by atoms with Crippen LogP contribution in [0.5, 0.6) is 0 Å². The number of nitrogens with one attached hydrogen (secondary N) is 1.